The number of allylic oxidation sites excluding steroid dienone is 3. The summed E-state index contributed by atoms with van der Waals surface area (Å²) in [7, 11) is 0. The van der Waals surface area contributed by atoms with E-state index in [0.717, 1.165) is 72.8 Å². The number of rotatable bonds is 5. The Kier molecular flexibility index (Phi) is 7.88. The first-order valence-electron chi connectivity index (χ1n) is 12.1. The van der Waals surface area contributed by atoms with Crippen LogP contribution in [0.4, 0.5) is 19.0 Å². The van der Waals surface area contributed by atoms with Crippen molar-refractivity contribution in [1.29, 1.82) is 0 Å². The van der Waals surface area contributed by atoms with Crippen molar-refractivity contribution in [3.05, 3.63) is 68.4 Å². The smallest absolute Gasteiger partial charge is 0.379 e. The molecule has 0 spiro atoms. The summed E-state index contributed by atoms with van der Waals surface area (Å²) < 4.78 is 49.5. The molecule has 1 aliphatic carbocycles. The number of anilines is 1. The molecule has 3 aliphatic heterocycles. The molecule has 1 atom stereocenters. The van der Waals surface area contributed by atoms with E-state index in [9.17, 15) is 18.0 Å². The van der Waals surface area contributed by atoms with Gasteiger partial charge in [-0.05, 0) is 55.5 Å². The van der Waals surface area contributed by atoms with E-state index in [0.29, 0.717) is 11.6 Å². The average molecular weight is 628 g/mol. The topological polar surface area (TPSA) is 82.1 Å². The van der Waals surface area contributed by atoms with Gasteiger partial charge in [0.05, 0.1) is 54.8 Å². The van der Waals surface area contributed by atoms with Gasteiger partial charge in [0.1, 0.15) is 5.82 Å². The van der Waals surface area contributed by atoms with E-state index in [1.54, 1.807) is 6.20 Å². The summed E-state index contributed by atoms with van der Waals surface area (Å²) in [4.78, 5) is 19.2. The number of nitrogens with zero attached hydrogens (tertiary/aromatic N) is 4. The molecule has 1 aromatic rings. The van der Waals surface area contributed by atoms with E-state index in [1.807, 2.05) is 13.0 Å². The first-order chi connectivity index (χ1) is 17.8. The van der Waals surface area contributed by atoms with Gasteiger partial charge in [0, 0.05) is 38.1 Å². The zero-order valence-electron chi connectivity index (χ0n) is 20.3. The number of pyridine rings is 1. The number of nitrogens with one attached hydrogen (secondary N) is 2. The number of carbonyl (C=O) groups excluding carboxylic acids is 1. The summed E-state index contributed by atoms with van der Waals surface area (Å²) in [5.41, 5.74) is 6.01. The lowest BCUT2D eigenvalue weighted by Gasteiger charge is -2.36. The largest absolute Gasteiger partial charge is 0.417 e. The number of amides is 1. The Morgan fingerprint density at radius 3 is 2.73 bits per heavy atom. The molecular formula is C25H28F3IN6O2. The minimum atomic E-state index is -4.45. The number of aromatic nitrogens is 1. The van der Waals surface area contributed by atoms with Gasteiger partial charge in [0.15, 0.2) is 0 Å². The number of hydrazine groups is 1. The molecule has 0 aromatic carbocycles. The van der Waals surface area contributed by atoms with Crippen molar-refractivity contribution in [3.63, 3.8) is 0 Å². The van der Waals surface area contributed by atoms with Crippen molar-refractivity contribution < 1.29 is 22.7 Å². The first-order valence-corrected chi connectivity index (χ1v) is 14.2. The van der Waals surface area contributed by atoms with Gasteiger partial charge in [-0.3, -0.25) is 14.7 Å². The van der Waals surface area contributed by atoms with E-state index in [4.69, 9.17) is 7.88 Å². The lowest BCUT2D eigenvalue weighted by molar-refractivity contribution is -0.137. The number of ether oxygens (including phenoxy) is 1. The summed E-state index contributed by atoms with van der Waals surface area (Å²) in [6.07, 6.45) is 5.37. The Balaban J connectivity index is 1.19. The quantitative estimate of drug-likeness (QED) is 0.369. The van der Waals surface area contributed by atoms with Crippen molar-refractivity contribution in [1.82, 2.24) is 20.6 Å². The van der Waals surface area contributed by atoms with Gasteiger partial charge in [-0.25, -0.2) is 13.6 Å². The zero-order valence-corrected chi connectivity index (χ0v) is 22.5. The van der Waals surface area contributed by atoms with Crippen LogP contribution in [0.1, 0.15) is 31.7 Å². The molecule has 2 N–H and O–H groups in total. The van der Waals surface area contributed by atoms with Gasteiger partial charge in [-0.2, -0.15) is 13.2 Å². The molecule has 5 rings (SSSR count). The Labute approximate surface area is 223 Å². The maximum absolute atomic E-state index is 12.8. The number of halogens is 4. The van der Waals surface area contributed by atoms with Gasteiger partial charge in [-0.1, -0.05) is 6.08 Å². The fourth-order valence-electron chi connectivity index (χ4n) is 4.70. The minimum Gasteiger partial charge on any atom is -0.379 e. The second kappa shape index (κ2) is 11.1. The van der Waals surface area contributed by atoms with Crippen LogP contribution < -0.4 is 15.8 Å². The van der Waals surface area contributed by atoms with E-state index >= 15 is 0 Å². The number of hydrogen-bond acceptors (Lipinski definition) is 7. The molecule has 0 saturated carbocycles. The van der Waals surface area contributed by atoms with Crippen molar-refractivity contribution in [3.8, 4) is 0 Å². The Bertz CT molecular complexity index is 1200. The van der Waals surface area contributed by atoms with Crippen LogP contribution in [-0.4, -0.2) is 54.7 Å². The maximum Gasteiger partial charge on any atom is 0.417 e. The molecule has 4 aliphatic rings. The van der Waals surface area contributed by atoms with Gasteiger partial charge in [0.25, 0.3) is 5.91 Å². The Morgan fingerprint density at radius 1 is 1.27 bits per heavy atom. The third-order valence-electron chi connectivity index (χ3n) is 6.76. The Hall–Kier alpha value is -2.42. The predicted octanol–water partition coefficient (Wildman–Crippen LogP) is 4.52. The van der Waals surface area contributed by atoms with E-state index in [-0.39, 0.29) is 18.3 Å². The third-order valence-corrected chi connectivity index (χ3v) is 8.58. The molecular weight excluding hydrogens is 600 g/mol. The van der Waals surface area contributed by atoms with Gasteiger partial charge in [-0.15, -0.1) is 0 Å². The summed E-state index contributed by atoms with van der Waals surface area (Å²) in [6.45, 7) is 5.90. The molecule has 0 bridgehead atoms. The van der Waals surface area contributed by atoms with E-state index in [1.165, 1.54) is 16.6 Å². The fraction of sp³-hybridized carbons (Fsp3) is 0.440. The number of carbonyl (C=O) groups is 1. The summed E-state index contributed by atoms with van der Waals surface area (Å²) in [5.74, 6) is 0.0136. The molecule has 4 heterocycles. The molecule has 1 amide bonds. The van der Waals surface area contributed by atoms with Crippen LogP contribution in [0.5, 0.6) is 0 Å². The van der Waals surface area contributed by atoms with E-state index in [2.05, 4.69) is 26.7 Å². The monoisotopic (exact) mass is 628 g/mol. The number of morpholine rings is 1. The normalized spacial score (nSPS) is 23.3. The zero-order chi connectivity index (χ0) is 26.0. The van der Waals surface area contributed by atoms with Gasteiger partial charge >= 0.3 is 6.18 Å². The van der Waals surface area contributed by atoms with Crippen molar-refractivity contribution in [2.45, 2.75) is 38.4 Å². The molecule has 1 saturated heterocycles. The van der Waals surface area contributed by atoms with Crippen LogP contribution in [0.3, 0.4) is 0 Å². The van der Waals surface area contributed by atoms with Gasteiger partial charge in [0.2, 0.25) is 0 Å². The highest BCUT2D eigenvalue weighted by Gasteiger charge is 2.31. The van der Waals surface area contributed by atoms with Crippen molar-refractivity contribution >= 4 is 32.8 Å². The summed E-state index contributed by atoms with van der Waals surface area (Å²) >= 11 is -0.742. The standard InChI is InChI=1S/C25H28F3IN6O2/c1-16-12-21(29-33-23(16)17-2-5-20(6-3-17)34-8-10-37-11-9-34)32-24(36)18-13-31-35(15-18)22-7-4-19(14-30-22)25(26,27)28/h2,4,7,12,14-15,20,31H,3,5-6,8-11,13H2,1H3,(H,32,36). The minimum absolute atomic E-state index is 0.245. The molecule has 0 radical (unpaired) electrons. The van der Waals surface area contributed by atoms with Crippen molar-refractivity contribution in [2.24, 2.45) is 3.15 Å². The molecule has 1 aromatic heterocycles. The molecule has 37 heavy (non-hydrogen) atoms. The molecule has 1 fully saturated rings. The highest BCUT2D eigenvalue weighted by atomic mass is 127. The van der Waals surface area contributed by atoms with Crippen LogP contribution in [0.25, 0.3) is 0 Å². The first kappa shape index (κ1) is 26.2. The van der Waals surface area contributed by atoms with Crippen LogP contribution in [0.2, 0.25) is 0 Å². The second-order valence-corrected chi connectivity index (χ2v) is 11.3. The lowest BCUT2D eigenvalue weighted by atomic mass is 9.91. The van der Waals surface area contributed by atoms with Crippen LogP contribution >= 0.6 is 21.0 Å². The maximum atomic E-state index is 12.8. The summed E-state index contributed by atoms with van der Waals surface area (Å²) in [6, 6.07) is 2.80. The van der Waals surface area contributed by atoms with Crippen molar-refractivity contribution in [2.75, 3.05) is 37.9 Å². The molecule has 12 heteroatoms. The van der Waals surface area contributed by atoms with Crippen LogP contribution in [-0.2, 0) is 15.7 Å². The van der Waals surface area contributed by atoms with Crippen LogP contribution in [0.15, 0.2) is 65.9 Å². The predicted molar refractivity (Wildman–Crippen MR) is 141 cm³/mol. The second-order valence-electron chi connectivity index (χ2n) is 9.22. The Morgan fingerprint density at radius 2 is 2.08 bits per heavy atom. The molecule has 198 valence electrons. The van der Waals surface area contributed by atoms with Crippen LogP contribution in [0, 0.1) is 0 Å². The molecule has 1 unspecified atom stereocenters. The van der Waals surface area contributed by atoms with Gasteiger partial charge < -0.3 is 10.1 Å². The lowest BCUT2D eigenvalue weighted by Crippen LogP contribution is -2.44. The fourth-order valence-corrected chi connectivity index (χ4v) is 6.86. The molecule has 8 nitrogen and oxygen atoms in total. The highest BCUT2D eigenvalue weighted by molar-refractivity contribution is 14.2. The number of alkyl halides is 3. The average Bonchev–Trinajstić information content (AvgIpc) is 3.40. The summed E-state index contributed by atoms with van der Waals surface area (Å²) in [5, 5.41) is 4.42. The SMILES string of the molecule is CC1=C(C2=CCC(N3CCOCC3)CC2)N=IC(NC(=O)C2=CN(c3ccc(C(F)(F)F)cn3)NC2)=C1. The number of hydrogen-bond donors (Lipinski definition) is 2. The van der Waals surface area contributed by atoms with E-state index < -0.39 is 32.8 Å². The highest BCUT2D eigenvalue weighted by Crippen LogP contribution is 2.36. The third kappa shape index (κ3) is 6.19.